The number of hydrogen-bond acceptors (Lipinski definition) is 4. The van der Waals surface area contributed by atoms with Crippen molar-refractivity contribution in [1.29, 1.82) is 0 Å². The minimum absolute atomic E-state index is 0.199. The Labute approximate surface area is 156 Å². The molecule has 3 rings (SSSR count). The molecule has 1 aromatic rings. The number of benzene rings is 1. The first-order chi connectivity index (χ1) is 12.5. The van der Waals surface area contributed by atoms with Crippen molar-refractivity contribution in [2.24, 2.45) is 0 Å². The molecule has 2 heterocycles. The fourth-order valence-electron chi connectivity index (χ4n) is 3.36. The van der Waals surface area contributed by atoms with Crippen molar-refractivity contribution in [3.8, 4) is 0 Å². The molecule has 1 atom stereocenters. The van der Waals surface area contributed by atoms with E-state index in [4.69, 9.17) is 4.74 Å². The highest BCUT2D eigenvalue weighted by atomic mass is 19.3. The molecule has 1 aromatic carbocycles. The Morgan fingerprint density at radius 1 is 1.19 bits per heavy atom. The summed E-state index contributed by atoms with van der Waals surface area (Å²) in [6, 6.07) is 5.31. The number of carbonyl (C=O) groups is 3. The summed E-state index contributed by atoms with van der Waals surface area (Å²) in [4.78, 5) is 39.7. The van der Waals surface area contributed by atoms with E-state index in [0.29, 0.717) is 0 Å². The molecule has 1 saturated heterocycles. The molecule has 1 unspecified atom stereocenters. The van der Waals surface area contributed by atoms with Crippen LogP contribution in [0.4, 0.5) is 13.6 Å². The van der Waals surface area contributed by atoms with Crippen LogP contribution in [0.1, 0.15) is 54.3 Å². The van der Waals surface area contributed by atoms with E-state index in [1.165, 1.54) is 17.0 Å². The third kappa shape index (κ3) is 3.94. The average molecular weight is 380 g/mol. The predicted molar refractivity (Wildman–Crippen MR) is 92.7 cm³/mol. The minimum atomic E-state index is -2.97. The number of carbonyl (C=O) groups excluding carboxylic acids is 3. The predicted octanol–water partition coefficient (Wildman–Crippen LogP) is 3.32. The highest BCUT2D eigenvalue weighted by molar-refractivity contribution is 6.21. The lowest BCUT2D eigenvalue weighted by atomic mass is 9.98. The zero-order valence-electron chi connectivity index (χ0n) is 15.5. The summed E-state index contributed by atoms with van der Waals surface area (Å²) < 4.78 is 33.3. The summed E-state index contributed by atoms with van der Waals surface area (Å²) in [5, 5.41) is 0. The van der Waals surface area contributed by atoms with Crippen molar-refractivity contribution < 1.29 is 27.9 Å². The number of hydrogen-bond donors (Lipinski definition) is 0. The molecule has 0 aromatic heterocycles. The Morgan fingerprint density at radius 3 is 2.26 bits per heavy atom. The van der Waals surface area contributed by atoms with E-state index >= 15 is 0 Å². The van der Waals surface area contributed by atoms with Crippen molar-refractivity contribution in [1.82, 2.24) is 9.80 Å². The first kappa shape index (κ1) is 19.3. The monoisotopic (exact) mass is 380 g/mol. The third-order valence-electron chi connectivity index (χ3n) is 4.59. The van der Waals surface area contributed by atoms with E-state index < -0.39 is 48.3 Å². The quantitative estimate of drug-likeness (QED) is 0.739. The van der Waals surface area contributed by atoms with Crippen molar-refractivity contribution >= 4 is 17.9 Å². The van der Waals surface area contributed by atoms with Crippen LogP contribution >= 0.6 is 0 Å². The molecule has 1 fully saturated rings. The van der Waals surface area contributed by atoms with Gasteiger partial charge < -0.3 is 9.64 Å². The van der Waals surface area contributed by atoms with Crippen LogP contribution < -0.4 is 0 Å². The van der Waals surface area contributed by atoms with E-state index in [2.05, 4.69) is 0 Å². The molecule has 0 N–H and O–H groups in total. The summed E-state index contributed by atoms with van der Waals surface area (Å²) >= 11 is 0. The average Bonchev–Trinajstić information content (AvgIpc) is 2.78. The second kappa shape index (κ2) is 6.58. The SMILES string of the molecule is CC(C)(C)OC(=O)N1CCC(F)(F)CC1CN1C(=O)c2ccccc2C1=O. The Morgan fingerprint density at radius 2 is 1.74 bits per heavy atom. The van der Waals surface area contributed by atoms with Gasteiger partial charge in [0.1, 0.15) is 5.60 Å². The van der Waals surface area contributed by atoms with E-state index in [9.17, 15) is 23.2 Å². The lowest BCUT2D eigenvalue weighted by Crippen LogP contribution is -2.55. The molecule has 0 aliphatic carbocycles. The lowest BCUT2D eigenvalue weighted by molar-refractivity contribution is -0.0823. The van der Waals surface area contributed by atoms with Crippen LogP contribution in [0, 0.1) is 0 Å². The van der Waals surface area contributed by atoms with Gasteiger partial charge in [0.2, 0.25) is 0 Å². The Kier molecular flexibility index (Phi) is 4.69. The van der Waals surface area contributed by atoms with E-state index in [0.717, 1.165) is 4.90 Å². The smallest absolute Gasteiger partial charge is 0.410 e. The van der Waals surface area contributed by atoms with Gasteiger partial charge in [-0.2, -0.15) is 0 Å². The van der Waals surface area contributed by atoms with Crippen LogP contribution in [0.2, 0.25) is 0 Å². The molecule has 0 radical (unpaired) electrons. The van der Waals surface area contributed by atoms with E-state index in [1.54, 1.807) is 32.9 Å². The van der Waals surface area contributed by atoms with Crippen molar-refractivity contribution in [3.05, 3.63) is 35.4 Å². The number of amides is 3. The van der Waals surface area contributed by atoms with Gasteiger partial charge in [-0.3, -0.25) is 14.5 Å². The number of piperidine rings is 1. The highest BCUT2D eigenvalue weighted by Crippen LogP contribution is 2.34. The number of nitrogens with zero attached hydrogens (tertiary/aromatic N) is 2. The topological polar surface area (TPSA) is 66.9 Å². The Bertz CT molecular complexity index is 753. The normalized spacial score (nSPS) is 22.0. The number of ether oxygens (including phenoxy) is 1. The molecule has 8 heteroatoms. The zero-order valence-corrected chi connectivity index (χ0v) is 15.5. The lowest BCUT2D eigenvalue weighted by Gasteiger charge is -2.40. The summed E-state index contributed by atoms with van der Waals surface area (Å²) in [7, 11) is 0. The van der Waals surface area contributed by atoms with Gasteiger partial charge in [0.15, 0.2) is 0 Å². The van der Waals surface area contributed by atoms with Gasteiger partial charge in [0.05, 0.1) is 23.7 Å². The Hall–Kier alpha value is -2.51. The third-order valence-corrected chi connectivity index (χ3v) is 4.59. The van der Waals surface area contributed by atoms with Crippen LogP contribution in [-0.2, 0) is 4.74 Å². The number of rotatable bonds is 2. The number of fused-ring (bicyclic) bond motifs is 1. The fraction of sp³-hybridized carbons (Fsp3) is 0.526. The van der Waals surface area contributed by atoms with Crippen molar-refractivity contribution in [3.63, 3.8) is 0 Å². The minimum Gasteiger partial charge on any atom is -0.444 e. The molecule has 3 amide bonds. The van der Waals surface area contributed by atoms with Crippen LogP contribution in [0.25, 0.3) is 0 Å². The molecule has 0 bridgehead atoms. The van der Waals surface area contributed by atoms with E-state index in [1.807, 2.05) is 0 Å². The first-order valence-corrected chi connectivity index (χ1v) is 8.81. The van der Waals surface area contributed by atoms with Gasteiger partial charge in [-0.1, -0.05) is 12.1 Å². The number of halogens is 2. The maximum absolute atomic E-state index is 14.0. The maximum Gasteiger partial charge on any atom is 0.410 e. The second-order valence-corrected chi connectivity index (χ2v) is 7.90. The summed E-state index contributed by atoms with van der Waals surface area (Å²) in [6.07, 6.45) is -1.83. The van der Waals surface area contributed by atoms with Crippen molar-refractivity contribution in [2.75, 3.05) is 13.1 Å². The molecular formula is C19H22F2N2O4. The largest absolute Gasteiger partial charge is 0.444 e. The molecular weight excluding hydrogens is 358 g/mol. The number of likely N-dealkylation sites (tertiary alicyclic amines) is 1. The molecule has 2 aliphatic rings. The van der Waals surface area contributed by atoms with Gasteiger partial charge in [0.25, 0.3) is 17.7 Å². The van der Waals surface area contributed by atoms with Gasteiger partial charge >= 0.3 is 6.09 Å². The van der Waals surface area contributed by atoms with Gasteiger partial charge in [-0.25, -0.2) is 13.6 Å². The fourth-order valence-corrected chi connectivity index (χ4v) is 3.36. The molecule has 6 nitrogen and oxygen atoms in total. The van der Waals surface area contributed by atoms with Crippen LogP contribution in [0.15, 0.2) is 24.3 Å². The number of alkyl halides is 2. The zero-order chi connectivity index (χ0) is 20.0. The summed E-state index contributed by atoms with van der Waals surface area (Å²) in [5.74, 6) is -4.04. The molecule has 27 heavy (non-hydrogen) atoms. The van der Waals surface area contributed by atoms with Gasteiger partial charge in [0, 0.05) is 19.4 Å². The van der Waals surface area contributed by atoms with Crippen molar-refractivity contribution in [2.45, 2.75) is 51.2 Å². The summed E-state index contributed by atoms with van der Waals surface area (Å²) in [5.41, 5.74) is -0.292. The maximum atomic E-state index is 14.0. The standard InChI is InChI=1S/C19H22F2N2O4/c1-18(2,3)27-17(26)22-9-8-19(20,21)10-12(22)11-23-15(24)13-6-4-5-7-14(13)16(23)25/h4-7,12H,8-11H2,1-3H3. The first-order valence-electron chi connectivity index (χ1n) is 8.81. The van der Waals surface area contributed by atoms with E-state index in [-0.39, 0.29) is 24.2 Å². The van der Waals surface area contributed by atoms with Gasteiger partial charge in [-0.15, -0.1) is 0 Å². The van der Waals surface area contributed by atoms with Crippen LogP contribution in [0.5, 0.6) is 0 Å². The molecule has 146 valence electrons. The highest BCUT2D eigenvalue weighted by Gasteiger charge is 2.46. The molecule has 0 spiro atoms. The number of imide groups is 1. The Balaban J connectivity index is 1.82. The summed E-state index contributed by atoms with van der Waals surface area (Å²) in [6.45, 7) is 4.56. The van der Waals surface area contributed by atoms with Crippen LogP contribution in [-0.4, -0.2) is 58.4 Å². The molecule has 2 aliphatic heterocycles. The van der Waals surface area contributed by atoms with Gasteiger partial charge in [-0.05, 0) is 32.9 Å². The molecule has 0 saturated carbocycles. The second-order valence-electron chi connectivity index (χ2n) is 7.90. The van der Waals surface area contributed by atoms with Crippen LogP contribution in [0.3, 0.4) is 0 Å².